The molecule has 6 nitrogen and oxygen atoms in total. The Morgan fingerprint density at radius 2 is 2.25 bits per heavy atom. The van der Waals surface area contributed by atoms with Gasteiger partial charge in [-0.2, -0.15) is 0 Å². The summed E-state index contributed by atoms with van der Waals surface area (Å²) in [5, 5.41) is 4.44. The minimum Gasteiger partial charge on any atom is -0.351 e. The van der Waals surface area contributed by atoms with E-state index in [1.54, 1.807) is 5.06 Å². The smallest absolute Gasteiger partial charge is 0.351 e. The summed E-state index contributed by atoms with van der Waals surface area (Å²) in [6, 6.07) is 0.0599. The topological polar surface area (TPSA) is 71.0 Å². The first kappa shape index (κ1) is 15.0. The molecule has 112 valence electrons. The van der Waals surface area contributed by atoms with Gasteiger partial charge in [-0.1, -0.05) is 0 Å². The number of ketones is 1. The molecule has 1 unspecified atom stereocenters. The van der Waals surface area contributed by atoms with Gasteiger partial charge in [0.2, 0.25) is 0 Å². The fourth-order valence-electron chi connectivity index (χ4n) is 2.60. The number of hydrogen-bond acceptors (Lipinski definition) is 5. The highest BCUT2D eigenvalue weighted by molar-refractivity contribution is 5.79. The number of aliphatic imine (C=N–C) groups is 1. The average Bonchev–Trinajstić information content (AvgIpc) is 2.47. The maximum atomic E-state index is 11.9. The fraction of sp³-hybridized carbons (Fsp3) is 0.786. The summed E-state index contributed by atoms with van der Waals surface area (Å²) in [7, 11) is 0. The summed E-state index contributed by atoms with van der Waals surface area (Å²) in [6.45, 7) is 6.80. The van der Waals surface area contributed by atoms with E-state index in [1.807, 2.05) is 27.0 Å². The van der Waals surface area contributed by atoms with E-state index in [0.717, 1.165) is 6.42 Å². The van der Waals surface area contributed by atoms with Crippen LogP contribution in [0, 0.1) is 5.92 Å². The van der Waals surface area contributed by atoms with Crippen LogP contribution in [0.2, 0.25) is 0 Å². The number of carbonyl (C=O) groups excluding carboxylic acids is 2. The molecule has 2 aliphatic rings. The van der Waals surface area contributed by atoms with Crippen molar-refractivity contribution in [2.24, 2.45) is 10.9 Å². The third-order valence-corrected chi connectivity index (χ3v) is 3.51. The Morgan fingerprint density at radius 1 is 1.50 bits per heavy atom. The molecule has 1 amide bonds. The summed E-state index contributed by atoms with van der Waals surface area (Å²) in [5.41, 5.74) is -0.341. The van der Waals surface area contributed by atoms with Gasteiger partial charge in [-0.25, -0.2) is 4.79 Å². The van der Waals surface area contributed by atoms with Crippen LogP contribution in [0.5, 0.6) is 0 Å². The molecular weight excluding hydrogens is 258 g/mol. The van der Waals surface area contributed by atoms with Crippen molar-refractivity contribution in [3.05, 3.63) is 0 Å². The van der Waals surface area contributed by atoms with Crippen molar-refractivity contribution >= 4 is 18.1 Å². The Bertz CT molecular complexity index is 414. The van der Waals surface area contributed by atoms with Crippen LogP contribution in [0.4, 0.5) is 4.79 Å². The van der Waals surface area contributed by atoms with Crippen molar-refractivity contribution in [1.82, 2.24) is 10.4 Å². The van der Waals surface area contributed by atoms with Crippen LogP contribution in [0.3, 0.4) is 0 Å². The van der Waals surface area contributed by atoms with E-state index in [1.165, 1.54) is 0 Å². The second-order valence-electron chi connectivity index (χ2n) is 6.50. The van der Waals surface area contributed by atoms with Gasteiger partial charge in [0.15, 0.2) is 0 Å². The van der Waals surface area contributed by atoms with Crippen LogP contribution < -0.4 is 5.32 Å². The van der Waals surface area contributed by atoms with Gasteiger partial charge in [0, 0.05) is 50.0 Å². The second kappa shape index (κ2) is 5.91. The molecule has 1 saturated heterocycles. The van der Waals surface area contributed by atoms with Gasteiger partial charge in [-0.15, -0.1) is 5.06 Å². The Hall–Kier alpha value is -1.43. The number of hydrogen-bond donors (Lipinski definition) is 1. The summed E-state index contributed by atoms with van der Waals surface area (Å²) >= 11 is 0. The molecule has 0 aromatic carbocycles. The lowest BCUT2D eigenvalue weighted by Gasteiger charge is -2.34. The summed E-state index contributed by atoms with van der Waals surface area (Å²) < 4.78 is 0. The lowest BCUT2D eigenvalue weighted by atomic mass is 9.91. The first-order valence-electron chi connectivity index (χ1n) is 7.12. The van der Waals surface area contributed by atoms with Gasteiger partial charge in [-0.05, 0) is 20.8 Å². The van der Waals surface area contributed by atoms with Crippen LogP contribution in [0.1, 0.15) is 40.0 Å². The minimum atomic E-state index is -0.465. The molecule has 2 atom stereocenters. The van der Waals surface area contributed by atoms with E-state index in [-0.39, 0.29) is 23.3 Å². The molecule has 1 N–H and O–H groups in total. The largest absolute Gasteiger partial charge is 0.426 e. The van der Waals surface area contributed by atoms with Gasteiger partial charge in [0.05, 0.1) is 6.04 Å². The molecular formula is C14H23N3O3. The minimum absolute atomic E-state index is 0.0599. The predicted octanol–water partition coefficient (Wildman–Crippen LogP) is 1.55. The normalized spacial score (nSPS) is 27.6. The van der Waals surface area contributed by atoms with Crippen molar-refractivity contribution in [3.63, 3.8) is 0 Å². The molecule has 0 saturated carbocycles. The molecule has 0 radical (unpaired) electrons. The number of fused-ring (bicyclic) bond motifs is 1. The van der Waals surface area contributed by atoms with Crippen molar-refractivity contribution in [3.8, 4) is 0 Å². The van der Waals surface area contributed by atoms with Crippen LogP contribution in [0.15, 0.2) is 4.99 Å². The summed E-state index contributed by atoms with van der Waals surface area (Å²) in [4.78, 5) is 33.4. The Labute approximate surface area is 119 Å². The van der Waals surface area contributed by atoms with Crippen molar-refractivity contribution in [2.75, 3.05) is 13.1 Å². The van der Waals surface area contributed by atoms with Crippen LogP contribution >= 0.6 is 0 Å². The monoisotopic (exact) mass is 281 g/mol. The molecule has 0 aliphatic carbocycles. The summed E-state index contributed by atoms with van der Waals surface area (Å²) in [6.07, 6.45) is 3.07. The van der Waals surface area contributed by atoms with Gasteiger partial charge in [0.1, 0.15) is 5.78 Å². The maximum Gasteiger partial charge on any atom is 0.426 e. The van der Waals surface area contributed by atoms with Crippen molar-refractivity contribution < 1.29 is 14.4 Å². The number of nitrogens with one attached hydrogen (secondary N) is 1. The lowest BCUT2D eigenvalue weighted by Crippen LogP contribution is -2.48. The Morgan fingerprint density at radius 3 is 2.95 bits per heavy atom. The number of carbonyl (C=O) groups is 2. The molecule has 2 aliphatic heterocycles. The van der Waals surface area contributed by atoms with Crippen LogP contribution in [-0.2, 0) is 9.63 Å². The average molecular weight is 281 g/mol. The van der Waals surface area contributed by atoms with E-state index in [0.29, 0.717) is 25.9 Å². The van der Waals surface area contributed by atoms with E-state index in [2.05, 4.69) is 10.3 Å². The zero-order valence-corrected chi connectivity index (χ0v) is 12.4. The Balaban J connectivity index is 2.03. The summed E-state index contributed by atoms with van der Waals surface area (Å²) in [5.74, 6) is 0.372. The van der Waals surface area contributed by atoms with Crippen LogP contribution in [-0.4, -0.2) is 47.8 Å². The zero-order chi connectivity index (χ0) is 14.8. The second-order valence-corrected chi connectivity index (χ2v) is 6.50. The molecule has 0 aromatic heterocycles. The third kappa shape index (κ3) is 4.03. The molecule has 20 heavy (non-hydrogen) atoms. The maximum absolute atomic E-state index is 11.9. The third-order valence-electron chi connectivity index (χ3n) is 3.51. The highest BCUT2D eigenvalue weighted by Crippen LogP contribution is 2.26. The van der Waals surface area contributed by atoms with E-state index in [4.69, 9.17) is 4.84 Å². The van der Waals surface area contributed by atoms with E-state index < -0.39 is 6.09 Å². The molecule has 6 heteroatoms. The number of amides is 1. The van der Waals surface area contributed by atoms with E-state index in [9.17, 15) is 9.59 Å². The first-order valence-corrected chi connectivity index (χ1v) is 7.12. The molecule has 0 spiro atoms. The Kier molecular flexibility index (Phi) is 4.42. The van der Waals surface area contributed by atoms with E-state index >= 15 is 0 Å². The standard InChI is InChI=1S/C14H23N3O3/c1-14(2,3)16-13(19)20-17-7-5-11(18)8-10-9-15-6-4-12(10)17/h6,10,12H,4-5,7-9H2,1-3H3,(H,16,19)/t10-,12?/m0/s1. The first-order chi connectivity index (χ1) is 9.35. The number of rotatable bonds is 1. The SMILES string of the molecule is CC(C)(C)NC(=O)ON1CCC(=O)C[C@H]2CN=CCC21. The molecule has 2 rings (SSSR count). The number of Topliss-reactive ketones (excluding diaryl/α,β-unsaturated/α-hetero) is 1. The molecule has 1 fully saturated rings. The van der Waals surface area contributed by atoms with Crippen molar-refractivity contribution in [2.45, 2.75) is 51.6 Å². The van der Waals surface area contributed by atoms with Gasteiger partial charge in [0.25, 0.3) is 0 Å². The molecule has 0 aromatic rings. The number of hydroxylamine groups is 2. The molecule has 2 heterocycles. The van der Waals surface area contributed by atoms with Crippen molar-refractivity contribution in [1.29, 1.82) is 0 Å². The van der Waals surface area contributed by atoms with Gasteiger partial charge in [-0.3, -0.25) is 9.79 Å². The predicted molar refractivity (Wildman–Crippen MR) is 75.6 cm³/mol. The highest BCUT2D eigenvalue weighted by atomic mass is 16.7. The number of nitrogens with zero attached hydrogens (tertiary/aromatic N) is 2. The fourth-order valence-corrected chi connectivity index (χ4v) is 2.60. The van der Waals surface area contributed by atoms with Gasteiger partial charge >= 0.3 is 6.09 Å². The molecule has 0 bridgehead atoms. The lowest BCUT2D eigenvalue weighted by molar-refractivity contribution is -0.140. The quantitative estimate of drug-likeness (QED) is 0.791. The zero-order valence-electron chi connectivity index (χ0n) is 12.4. The van der Waals surface area contributed by atoms with Crippen LogP contribution in [0.25, 0.3) is 0 Å². The van der Waals surface area contributed by atoms with Gasteiger partial charge < -0.3 is 10.2 Å². The highest BCUT2D eigenvalue weighted by Gasteiger charge is 2.36.